The molecule has 0 bridgehead atoms. The van der Waals surface area contributed by atoms with Crippen molar-refractivity contribution in [1.82, 2.24) is 0 Å². The van der Waals surface area contributed by atoms with E-state index in [2.05, 4.69) is 42.3 Å². The van der Waals surface area contributed by atoms with Crippen LogP contribution in [0.15, 0.2) is 30.3 Å². The lowest BCUT2D eigenvalue weighted by atomic mass is 10.1. The summed E-state index contributed by atoms with van der Waals surface area (Å²) < 4.78 is 11.3. The fourth-order valence-electron chi connectivity index (χ4n) is 3.03. The van der Waals surface area contributed by atoms with Gasteiger partial charge in [-0.05, 0) is 44.2 Å². The van der Waals surface area contributed by atoms with Gasteiger partial charge in [-0.1, -0.05) is 43.9 Å². The summed E-state index contributed by atoms with van der Waals surface area (Å²) in [7, 11) is 2.18. The van der Waals surface area contributed by atoms with Crippen LogP contribution in [-0.4, -0.2) is 33.1 Å². The van der Waals surface area contributed by atoms with Crippen LogP contribution >= 0.6 is 0 Å². The molecule has 1 heterocycles. The topological polar surface area (TPSA) is 21.7 Å². The number of para-hydroxylation sites is 1. The molecule has 1 saturated heterocycles. The van der Waals surface area contributed by atoms with Gasteiger partial charge in [-0.2, -0.15) is 0 Å². The van der Waals surface area contributed by atoms with Crippen LogP contribution < -0.4 is 4.90 Å². The normalized spacial score (nSPS) is 18.0. The third kappa shape index (κ3) is 7.85. The Hall–Kier alpha value is -1.06. The van der Waals surface area contributed by atoms with E-state index in [1.165, 1.54) is 57.1 Å². The van der Waals surface area contributed by atoms with Crippen molar-refractivity contribution in [2.75, 3.05) is 31.7 Å². The average Bonchev–Trinajstić information content (AvgIpc) is 2.61. The Morgan fingerprint density at radius 3 is 2.48 bits per heavy atom. The highest BCUT2D eigenvalue weighted by Gasteiger charge is 2.13. The number of ether oxygens (including phenoxy) is 2. The number of nitrogens with zero attached hydrogens (tertiary/aromatic N) is 1. The quantitative estimate of drug-likeness (QED) is 0.535. The molecule has 1 aliphatic rings. The molecule has 1 atom stereocenters. The van der Waals surface area contributed by atoms with Gasteiger partial charge in [0.1, 0.15) is 0 Å². The lowest BCUT2D eigenvalue weighted by molar-refractivity contribution is -0.162. The number of unbranched alkanes of at least 4 members (excludes halogenated alkanes) is 5. The maximum atomic E-state index is 5.76. The summed E-state index contributed by atoms with van der Waals surface area (Å²) in [4.78, 5) is 2.35. The van der Waals surface area contributed by atoms with Crippen LogP contribution in [0, 0.1) is 0 Å². The summed E-state index contributed by atoms with van der Waals surface area (Å²) in [6, 6.07) is 10.6. The first-order valence-electron chi connectivity index (χ1n) is 9.35. The van der Waals surface area contributed by atoms with Crippen molar-refractivity contribution < 1.29 is 9.47 Å². The molecular formula is C20H33NO2. The summed E-state index contributed by atoms with van der Waals surface area (Å²) >= 11 is 0. The standard InChI is InChI=1S/C20H33NO2/c1-21(19-13-7-6-8-14-19)16-10-4-2-3-5-11-17-22-20-15-9-12-18-23-20/h6-8,13-14,20H,2-5,9-12,15-18H2,1H3. The number of benzene rings is 1. The van der Waals surface area contributed by atoms with Crippen molar-refractivity contribution >= 4 is 5.69 Å². The average molecular weight is 319 g/mol. The predicted octanol–water partition coefficient (Wildman–Crippen LogP) is 5.01. The minimum Gasteiger partial charge on any atom is -0.375 e. The van der Waals surface area contributed by atoms with Gasteiger partial charge in [0.15, 0.2) is 6.29 Å². The predicted molar refractivity (Wildman–Crippen MR) is 97.0 cm³/mol. The zero-order chi connectivity index (χ0) is 16.2. The van der Waals surface area contributed by atoms with Gasteiger partial charge in [0.25, 0.3) is 0 Å². The lowest BCUT2D eigenvalue weighted by Crippen LogP contribution is -2.22. The number of hydrogen-bond donors (Lipinski definition) is 0. The first kappa shape index (κ1) is 18.3. The molecule has 1 fully saturated rings. The Bertz CT molecular complexity index is 390. The van der Waals surface area contributed by atoms with E-state index in [-0.39, 0.29) is 6.29 Å². The second-order valence-electron chi connectivity index (χ2n) is 6.55. The van der Waals surface area contributed by atoms with Gasteiger partial charge in [0.05, 0.1) is 0 Å². The molecule has 1 unspecified atom stereocenters. The monoisotopic (exact) mass is 319 g/mol. The van der Waals surface area contributed by atoms with E-state index < -0.39 is 0 Å². The summed E-state index contributed by atoms with van der Waals surface area (Å²) in [5.41, 5.74) is 1.31. The molecule has 3 nitrogen and oxygen atoms in total. The van der Waals surface area contributed by atoms with Crippen LogP contribution in [0.5, 0.6) is 0 Å². The smallest absolute Gasteiger partial charge is 0.157 e. The SMILES string of the molecule is CN(CCCCCCCCOC1CCCCO1)c1ccccc1. The van der Waals surface area contributed by atoms with E-state index >= 15 is 0 Å². The van der Waals surface area contributed by atoms with Crippen LogP contribution in [0.1, 0.15) is 57.8 Å². The van der Waals surface area contributed by atoms with Crippen LogP contribution in [0.25, 0.3) is 0 Å². The van der Waals surface area contributed by atoms with Gasteiger partial charge in [0, 0.05) is 32.5 Å². The van der Waals surface area contributed by atoms with Gasteiger partial charge in [-0.25, -0.2) is 0 Å². The van der Waals surface area contributed by atoms with Crippen molar-refractivity contribution in [3.05, 3.63) is 30.3 Å². The highest BCUT2D eigenvalue weighted by atomic mass is 16.7. The Morgan fingerprint density at radius 2 is 1.74 bits per heavy atom. The van der Waals surface area contributed by atoms with Gasteiger partial charge in [-0.3, -0.25) is 0 Å². The fraction of sp³-hybridized carbons (Fsp3) is 0.700. The third-order valence-electron chi connectivity index (χ3n) is 4.53. The summed E-state index contributed by atoms with van der Waals surface area (Å²) in [6.07, 6.45) is 11.3. The van der Waals surface area contributed by atoms with Crippen molar-refractivity contribution in [2.24, 2.45) is 0 Å². The second kappa shape index (κ2) is 11.5. The van der Waals surface area contributed by atoms with Crippen molar-refractivity contribution in [3.63, 3.8) is 0 Å². The summed E-state index contributed by atoms with van der Waals surface area (Å²) in [5, 5.41) is 0. The Balaban J connectivity index is 1.38. The van der Waals surface area contributed by atoms with Crippen molar-refractivity contribution in [3.8, 4) is 0 Å². The first-order chi connectivity index (χ1) is 11.4. The van der Waals surface area contributed by atoms with E-state index in [1.54, 1.807) is 0 Å². The van der Waals surface area contributed by atoms with E-state index in [0.29, 0.717) is 0 Å². The molecule has 0 radical (unpaired) electrons. The van der Waals surface area contributed by atoms with Crippen molar-refractivity contribution in [1.29, 1.82) is 0 Å². The number of rotatable bonds is 11. The fourth-order valence-corrected chi connectivity index (χ4v) is 3.03. The molecule has 0 N–H and O–H groups in total. The second-order valence-corrected chi connectivity index (χ2v) is 6.55. The number of hydrogen-bond acceptors (Lipinski definition) is 3. The molecule has 1 aromatic carbocycles. The highest BCUT2D eigenvalue weighted by molar-refractivity contribution is 5.44. The zero-order valence-electron chi connectivity index (χ0n) is 14.7. The van der Waals surface area contributed by atoms with Gasteiger partial charge in [0.2, 0.25) is 0 Å². The van der Waals surface area contributed by atoms with Crippen molar-refractivity contribution in [2.45, 2.75) is 64.1 Å². The van der Waals surface area contributed by atoms with Crippen LogP contribution in [0.4, 0.5) is 5.69 Å². The molecule has 0 saturated carbocycles. The molecule has 3 heteroatoms. The molecule has 0 spiro atoms. The largest absolute Gasteiger partial charge is 0.375 e. The van der Waals surface area contributed by atoms with Gasteiger partial charge < -0.3 is 14.4 Å². The maximum absolute atomic E-state index is 5.76. The van der Waals surface area contributed by atoms with Gasteiger partial charge in [-0.15, -0.1) is 0 Å². The van der Waals surface area contributed by atoms with E-state index in [0.717, 1.165) is 26.2 Å². The Morgan fingerprint density at radius 1 is 1.00 bits per heavy atom. The molecule has 0 aliphatic carbocycles. The Kier molecular flexibility index (Phi) is 9.12. The third-order valence-corrected chi connectivity index (χ3v) is 4.53. The summed E-state index contributed by atoms with van der Waals surface area (Å²) in [5.74, 6) is 0. The molecule has 23 heavy (non-hydrogen) atoms. The number of anilines is 1. The molecule has 1 aromatic rings. The molecule has 0 aromatic heterocycles. The molecule has 1 aliphatic heterocycles. The van der Waals surface area contributed by atoms with E-state index in [4.69, 9.17) is 9.47 Å². The summed E-state index contributed by atoms with van der Waals surface area (Å²) in [6.45, 7) is 2.88. The first-order valence-corrected chi connectivity index (χ1v) is 9.35. The van der Waals surface area contributed by atoms with Crippen LogP contribution in [0.3, 0.4) is 0 Å². The van der Waals surface area contributed by atoms with Crippen LogP contribution in [0.2, 0.25) is 0 Å². The highest BCUT2D eigenvalue weighted by Crippen LogP contribution is 2.15. The van der Waals surface area contributed by atoms with Gasteiger partial charge >= 0.3 is 0 Å². The minimum atomic E-state index is 0.0808. The van der Waals surface area contributed by atoms with E-state index in [1.807, 2.05) is 0 Å². The maximum Gasteiger partial charge on any atom is 0.157 e. The molecule has 2 rings (SSSR count). The minimum absolute atomic E-state index is 0.0808. The molecular weight excluding hydrogens is 286 g/mol. The molecule has 130 valence electrons. The zero-order valence-corrected chi connectivity index (χ0v) is 14.7. The van der Waals surface area contributed by atoms with E-state index in [9.17, 15) is 0 Å². The lowest BCUT2D eigenvalue weighted by Gasteiger charge is -2.22. The van der Waals surface area contributed by atoms with Crippen LogP contribution in [-0.2, 0) is 9.47 Å². The molecule has 0 amide bonds. The Labute approximate surface area is 142 Å².